The minimum Gasteiger partial charge on any atom is -0.397 e. The first-order valence-electron chi connectivity index (χ1n) is 10.6. The van der Waals surface area contributed by atoms with E-state index in [0.29, 0.717) is 27.8 Å². The van der Waals surface area contributed by atoms with Crippen molar-refractivity contribution in [3.63, 3.8) is 0 Å². The summed E-state index contributed by atoms with van der Waals surface area (Å²) in [4.78, 5) is 12.8. The zero-order valence-electron chi connectivity index (χ0n) is 18.5. The SMILES string of the molecule is COP(=O)(CC(F)c1ccc(C(=O)Nc2cc(-c3ccsc3)ccc2N)cc1)c1ccccc1. The Morgan fingerprint density at radius 2 is 1.79 bits per heavy atom. The molecule has 0 radical (unpaired) electrons. The summed E-state index contributed by atoms with van der Waals surface area (Å²) in [5, 5.41) is 7.30. The topological polar surface area (TPSA) is 81.4 Å². The van der Waals surface area contributed by atoms with E-state index in [-0.39, 0.29) is 12.1 Å². The highest BCUT2D eigenvalue weighted by atomic mass is 32.1. The number of nitrogens with one attached hydrogen (secondary N) is 1. The summed E-state index contributed by atoms with van der Waals surface area (Å²) in [5.74, 6) is -0.358. The van der Waals surface area contributed by atoms with E-state index < -0.39 is 13.5 Å². The summed E-state index contributed by atoms with van der Waals surface area (Å²) in [6.07, 6.45) is -1.80. The smallest absolute Gasteiger partial charge is 0.255 e. The highest BCUT2D eigenvalue weighted by molar-refractivity contribution is 7.67. The molecule has 0 saturated carbocycles. The van der Waals surface area contributed by atoms with E-state index in [0.717, 1.165) is 11.1 Å². The van der Waals surface area contributed by atoms with Crippen LogP contribution in [0.1, 0.15) is 22.1 Å². The van der Waals surface area contributed by atoms with Gasteiger partial charge in [-0.1, -0.05) is 36.4 Å². The molecule has 0 aliphatic heterocycles. The fraction of sp³-hybridized carbons (Fsp3) is 0.115. The number of anilines is 2. The van der Waals surface area contributed by atoms with Crippen LogP contribution in [-0.4, -0.2) is 19.2 Å². The van der Waals surface area contributed by atoms with E-state index in [2.05, 4.69) is 5.32 Å². The second kappa shape index (κ2) is 10.3. The Bertz CT molecular complexity index is 1310. The standard InChI is InChI=1S/C26H24FN2O3PS/c1-32-33(31,22-5-3-2-4-6-22)16-23(27)18-7-9-19(10-8-18)26(30)29-25-15-20(11-12-24(25)28)21-13-14-34-17-21/h2-15,17,23H,16,28H2,1H3,(H,29,30). The zero-order chi connectivity index (χ0) is 24.1. The largest absolute Gasteiger partial charge is 0.397 e. The van der Waals surface area contributed by atoms with Crippen molar-refractivity contribution >= 4 is 41.3 Å². The molecule has 174 valence electrons. The number of rotatable bonds is 8. The number of nitrogens with two attached hydrogens (primary N) is 1. The predicted molar refractivity (Wildman–Crippen MR) is 138 cm³/mol. The van der Waals surface area contributed by atoms with E-state index in [9.17, 15) is 9.36 Å². The van der Waals surface area contributed by atoms with E-state index in [1.165, 1.54) is 31.4 Å². The molecule has 2 atom stereocenters. The van der Waals surface area contributed by atoms with Crippen molar-refractivity contribution in [2.45, 2.75) is 6.17 Å². The first-order valence-corrected chi connectivity index (χ1v) is 13.3. The van der Waals surface area contributed by atoms with Crippen molar-refractivity contribution in [2.75, 3.05) is 24.3 Å². The average molecular weight is 495 g/mol. The third-order valence-corrected chi connectivity index (χ3v) is 8.70. The molecule has 2 unspecified atom stereocenters. The molecule has 4 aromatic rings. The molecule has 0 aliphatic rings. The fourth-order valence-corrected chi connectivity index (χ4v) is 6.06. The van der Waals surface area contributed by atoms with Crippen molar-refractivity contribution in [2.24, 2.45) is 0 Å². The Hall–Kier alpha value is -3.25. The number of hydrogen-bond donors (Lipinski definition) is 2. The van der Waals surface area contributed by atoms with Crippen LogP contribution in [0.25, 0.3) is 11.1 Å². The van der Waals surface area contributed by atoms with E-state index in [1.807, 2.05) is 29.0 Å². The molecule has 0 fully saturated rings. The van der Waals surface area contributed by atoms with Gasteiger partial charge in [0.2, 0.25) is 7.37 Å². The first-order chi connectivity index (χ1) is 16.4. The number of hydrogen-bond acceptors (Lipinski definition) is 5. The second-order valence-electron chi connectivity index (χ2n) is 7.73. The number of amides is 1. The number of carbonyl (C=O) groups excluding carboxylic acids is 1. The molecule has 0 saturated heterocycles. The van der Waals surface area contributed by atoms with Crippen LogP contribution in [0, 0.1) is 0 Å². The lowest BCUT2D eigenvalue weighted by molar-refractivity contribution is 0.102. The highest BCUT2D eigenvalue weighted by Gasteiger charge is 2.29. The summed E-state index contributed by atoms with van der Waals surface area (Å²) in [6, 6.07) is 22.2. The molecule has 0 bridgehead atoms. The Morgan fingerprint density at radius 3 is 2.44 bits per heavy atom. The van der Waals surface area contributed by atoms with Gasteiger partial charge in [-0.05, 0) is 69.9 Å². The molecule has 1 heterocycles. The summed E-state index contributed by atoms with van der Waals surface area (Å²) in [7, 11) is -2.02. The van der Waals surface area contributed by atoms with Gasteiger partial charge in [0.25, 0.3) is 5.91 Å². The molecule has 4 rings (SSSR count). The average Bonchev–Trinajstić information content (AvgIpc) is 3.41. The molecular weight excluding hydrogens is 470 g/mol. The van der Waals surface area contributed by atoms with Gasteiger partial charge in [-0.3, -0.25) is 9.36 Å². The van der Waals surface area contributed by atoms with E-state index >= 15 is 4.39 Å². The maximum atomic E-state index is 15.0. The van der Waals surface area contributed by atoms with E-state index in [4.69, 9.17) is 10.3 Å². The third-order valence-electron chi connectivity index (χ3n) is 5.54. The van der Waals surface area contributed by atoms with Crippen molar-refractivity contribution < 1.29 is 18.3 Å². The van der Waals surface area contributed by atoms with Gasteiger partial charge in [0.1, 0.15) is 6.17 Å². The number of thiophene rings is 1. The Labute approximate surface area is 201 Å². The molecule has 3 aromatic carbocycles. The minimum absolute atomic E-state index is 0.287. The fourth-order valence-electron chi connectivity index (χ4n) is 3.57. The number of carbonyl (C=O) groups is 1. The van der Waals surface area contributed by atoms with Crippen molar-refractivity contribution in [1.82, 2.24) is 0 Å². The molecular formula is C26H24FN2O3PS. The normalized spacial score (nSPS) is 13.7. The maximum Gasteiger partial charge on any atom is 0.255 e. The zero-order valence-corrected chi connectivity index (χ0v) is 20.2. The number of nitrogen functional groups attached to an aromatic ring is 1. The van der Waals surface area contributed by atoms with Crippen LogP contribution < -0.4 is 16.4 Å². The van der Waals surface area contributed by atoms with Crippen LogP contribution >= 0.6 is 18.7 Å². The first kappa shape index (κ1) is 23.9. The number of benzene rings is 3. The molecule has 3 N–H and O–H groups in total. The van der Waals surface area contributed by atoms with Crippen LogP contribution in [0.5, 0.6) is 0 Å². The summed E-state index contributed by atoms with van der Waals surface area (Å²) < 4.78 is 33.4. The summed E-state index contributed by atoms with van der Waals surface area (Å²) in [5.41, 5.74) is 9.68. The third kappa shape index (κ3) is 5.28. The lowest BCUT2D eigenvalue weighted by atomic mass is 10.1. The van der Waals surface area contributed by atoms with Gasteiger partial charge in [-0.25, -0.2) is 4.39 Å². The van der Waals surface area contributed by atoms with Crippen molar-refractivity contribution in [1.29, 1.82) is 0 Å². The van der Waals surface area contributed by atoms with Crippen LogP contribution in [0.4, 0.5) is 15.8 Å². The van der Waals surface area contributed by atoms with Gasteiger partial charge >= 0.3 is 0 Å². The number of halogens is 1. The molecule has 8 heteroatoms. The molecule has 0 spiro atoms. The predicted octanol–water partition coefficient (Wildman–Crippen LogP) is 6.51. The Morgan fingerprint density at radius 1 is 1.06 bits per heavy atom. The Balaban J connectivity index is 1.47. The van der Waals surface area contributed by atoms with Crippen LogP contribution in [0.2, 0.25) is 0 Å². The van der Waals surface area contributed by atoms with Crippen LogP contribution in [0.3, 0.4) is 0 Å². The minimum atomic E-state index is -3.35. The quantitative estimate of drug-likeness (QED) is 0.216. The van der Waals surface area contributed by atoms with Gasteiger partial charge in [0.15, 0.2) is 0 Å². The lowest BCUT2D eigenvalue weighted by Gasteiger charge is -2.19. The monoisotopic (exact) mass is 494 g/mol. The van der Waals surface area contributed by atoms with Crippen molar-refractivity contribution in [3.8, 4) is 11.1 Å². The lowest BCUT2D eigenvalue weighted by Crippen LogP contribution is -2.14. The Kier molecular flexibility index (Phi) is 7.27. The maximum absolute atomic E-state index is 15.0. The number of alkyl halides is 1. The molecule has 5 nitrogen and oxygen atoms in total. The molecule has 1 amide bonds. The van der Waals surface area contributed by atoms with E-state index in [1.54, 1.807) is 47.7 Å². The van der Waals surface area contributed by atoms with Crippen LogP contribution in [-0.2, 0) is 9.09 Å². The van der Waals surface area contributed by atoms with Gasteiger partial charge in [0.05, 0.1) is 17.5 Å². The molecule has 1 aromatic heterocycles. The van der Waals surface area contributed by atoms with Gasteiger partial charge < -0.3 is 15.6 Å². The second-order valence-corrected chi connectivity index (χ2v) is 11.1. The van der Waals surface area contributed by atoms with Gasteiger partial charge in [-0.2, -0.15) is 11.3 Å². The molecule has 34 heavy (non-hydrogen) atoms. The molecule has 0 aliphatic carbocycles. The summed E-state index contributed by atoms with van der Waals surface area (Å²) in [6.45, 7) is 0. The van der Waals surface area contributed by atoms with Gasteiger partial charge in [0, 0.05) is 18.0 Å². The van der Waals surface area contributed by atoms with Gasteiger partial charge in [-0.15, -0.1) is 0 Å². The highest BCUT2D eigenvalue weighted by Crippen LogP contribution is 2.48. The van der Waals surface area contributed by atoms with Crippen LogP contribution in [0.15, 0.2) is 89.6 Å². The summed E-state index contributed by atoms with van der Waals surface area (Å²) >= 11 is 1.59. The van der Waals surface area contributed by atoms with Crippen molar-refractivity contribution in [3.05, 3.63) is 101 Å².